The highest BCUT2D eigenvalue weighted by molar-refractivity contribution is 7.89. The molecule has 0 atom stereocenters. The van der Waals surface area contributed by atoms with E-state index in [-0.39, 0.29) is 0 Å². The number of benzene rings is 1. The van der Waals surface area contributed by atoms with E-state index in [0.29, 0.717) is 30.5 Å². The van der Waals surface area contributed by atoms with E-state index in [2.05, 4.69) is 20.7 Å². The third-order valence-corrected chi connectivity index (χ3v) is 6.85. The molecule has 29 heavy (non-hydrogen) atoms. The first-order valence-corrected chi connectivity index (χ1v) is 11.5. The van der Waals surface area contributed by atoms with Gasteiger partial charge in [0, 0.05) is 52.2 Å². The van der Waals surface area contributed by atoms with E-state index in [0.717, 1.165) is 44.3 Å². The number of piperidine rings is 1. The van der Waals surface area contributed by atoms with Crippen LogP contribution in [0.25, 0.3) is 0 Å². The van der Waals surface area contributed by atoms with Crippen molar-refractivity contribution in [2.75, 3.05) is 26.7 Å². The van der Waals surface area contributed by atoms with Crippen LogP contribution in [-0.2, 0) is 23.1 Å². The molecule has 1 saturated heterocycles. The molecule has 2 N–H and O–H groups in total. The molecule has 0 radical (unpaired) electrons. The van der Waals surface area contributed by atoms with Gasteiger partial charge >= 0.3 is 0 Å². The molecular formula is C20H30N6O2S. The molecule has 1 fully saturated rings. The summed E-state index contributed by atoms with van der Waals surface area (Å²) in [5, 5.41) is 10.7. The first-order valence-electron chi connectivity index (χ1n) is 10.1. The SMILES string of the molecule is CN=C(NCCCn1cccn1)NCc1cccc(S(=O)(=O)N2CCCCC2)c1. The van der Waals surface area contributed by atoms with E-state index in [4.69, 9.17) is 0 Å². The monoisotopic (exact) mass is 418 g/mol. The number of aryl methyl sites for hydroxylation is 1. The standard InChI is InChI=1S/C20H30N6O2S/c1-21-20(22-10-6-12-25-13-7-11-24-25)23-17-18-8-5-9-19(16-18)29(27,28)26-14-3-2-4-15-26/h5,7-9,11,13,16H,2-4,6,10,12,14-15,17H2,1H3,(H2,21,22,23). The Kier molecular flexibility index (Phi) is 7.65. The molecular weight excluding hydrogens is 388 g/mol. The number of aliphatic imine (C=N–C) groups is 1. The second-order valence-corrected chi connectivity index (χ2v) is 9.03. The third-order valence-electron chi connectivity index (χ3n) is 4.95. The molecule has 9 heteroatoms. The second kappa shape index (κ2) is 10.4. The van der Waals surface area contributed by atoms with Crippen LogP contribution in [0.4, 0.5) is 0 Å². The predicted molar refractivity (Wildman–Crippen MR) is 114 cm³/mol. The van der Waals surface area contributed by atoms with Crippen molar-refractivity contribution in [2.45, 2.75) is 43.7 Å². The highest BCUT2D eigenvalue weighted by Gasteiger charge is 2.25. The summed E-state index contributed by atoms with van der Waals surface area (Å²) < 4.78 is 29.2. The maximum atomic E-state index is 12.9. The van der Waals surface area contributed by atoms with Crippen LogP contribution in [0.1, 0.15) is 31.2 Å². The summed E-state index contributed by atoms with van der Waals surface area (Å²) in [5.41, 5.74) is 0.905. The van der Waals surface area contributed by atoms with Crippen molar-refractivity contribution in [3.05, 3.63) is 48.3 Å². The van der Waals surface area contributed by atoms with Crippen molar-refractivity contribution in [2.24, 2.45) is 4.99 Å². The average Bonchev–Trinajstić information content (AvgIpc) is 3.27. The summed E-state index contributed by atoms with van der Waals surface area (Å²) >= 11 is 0. The van der Waals surface area contributed by atoms with Gasteiger partial charge in [-0.1, -0.05) is 18.6 Å². The molecule has 0 spiro atoms. The lowest BCUT2D eigenvalue weighted by molar-refractivity contribution is 0.346. The van der Waals surface area contributed by atoms with Gasteiger partial charge < -0.3 is 10.6 Å². The van der Waals surface area contributed by atoms with Gasteiger partial charge in [0.05, 0.1) is 4.90 Å². The van der Waals surface area contributed by atoms with E-state index in [9.17, 15) is 8.42 Å². The Morgan fingerprint density at radius 2 is 2.00 bits per heavy atom. The van der Waals surface area contributed by atoms with Crippen molar-refractivity contribution in [1.82, 2.24) is 24.7 Å². The lowest BCUT2D eigenvalue weighted by atomic mass is 10.2. The normalized spacial score (nSPS) is 16.0. The quantitative estimate of drug-likeness (QED) is 0.388. The van der Waals surface area contributed by atoms with Crippen LogP contribution < -0.4 is 10.6 Å². The van der Waals surface area contributed by atoms with Crippen molar-refractivity contribution < 1.29 is 8.42 Å². The molecule has 0 aliphatic carbocycles. The molecule has 0 amide bonds. The van der Waals surface area contributed by atoms with Gasteiger partial charge in [-0.15, -0.1) is 0 Å². The van der Waals surface area contributed by atoms with Gasteiger partial charge in [0.25, 0.3) is 0 Å². The highest BCUT2D eigenvalue weighted by Crippen LogP contribution is 2.21. The highest BCUT2D eigenvalue weighted by atomic mass is 32.2. The summed E-state index contributed by atoms with van der Waals surface area (Å²) in [7, 11) is -1.69. The fourth-order valence-electron chi connectivity index (χ4n) is 3.36. The zero-order valence-electron chi connectivity index (χ0n) is 16.9. The zero-order chi connectivity index (χ0) is 20.5. The Morgan fingerprint density at radius 3 is 2.72 bits per heavy atom. The van der Waals surface area contributed by atoms with E-state index in [1.807, 2.05) is 23.0 Å². The number of nitrogens with one attached hydrogen (secondary N) is 2. The van der Waals surface area contributed by atoms with Gasteiger partial charge in [0.15, 0.2) is 5.96 Å². The van der Waals surface area contributed by atoms with Crippen molar-refractivity contribution in [3.8, 4) is 0 Å². The smallest absolute Gasteiger partial charge is 0.243 e. The van der Waals surface area contributed by atoms with E-state index < -0.39 is 10.0 Å². The van der Waals surface area contributed by atoms with Crippen molar-refractivity contribution in [3.63, 3.8) is 0 Å². The summed E-state index contributed by atoms with van der Waals surface area (Å²) in [6.07, 6.45) is 7.60. The fraction of sp³-hybridized carbons (Fsp3) is 0.500. The Morgan fingerprint density at radius 1 is 1.17 bits per heavy atom. The van der Waals surface area contributed by atoms with Gasteiger partial charge in [-0.05, 0) is 43.0 Å². The molecule has 0 bridgehead atoms. The number of nitrogens with zero attached hydrogens (tertiary/aromatic N) is 4. The number of guanidine groups is 1. The van der Waals surface area contributed by atoms with Crippen LogP contribution in [0.3, 0.4) is 0 Å². The molecule has 0 unspecified atom stereocenters. The molecule has 8 nitrogen and oxygen atoms in total. The summed E-state index contributed by atoms with van der Waals surface area (Å²) in [6.45, 7) is 3.33. The second-order valence-electron chi connectivity index (χ2n) is 7.09. The van der Waals surface area contributed by atoms with Crippen LogP contribution in [0.2, 0.25) is 0 Å². The Labute approximate surface area is 173 Å². The number of hydrogen-bond donors (Lipinski definition) is 2. The molecule has 1 aliphatic rings. The lowest BCUT2D eigenvalue weighted by Crippen LogP contribution is -2.37. The van der Waals surface area contributed by atoms with Crippen LogP contribution in [-0.4, -0.2) is 55.1 Å². The molecule has 1 aliphatic heterocycles. The number of rotatable bonds is 8. The third kappa shape index (κ3) is 6.04. The molecule has 2 aromatic rings. The minimum atomic E-state index is -3.42. The predicted octanol–water partition coefficient (Wildman–Crippen LogP) is 1.81. The Hall–Kier alpha value is -2.39. The topological polar surface area (TPSA) is 91.6 Å². The molecule has 158 valence electrons. The summed E-state index contributed by atoms with van der Waals surface area (Å²) in [5.74, 6) is 0.690. The fourth-order valence-corrected chi connectivity index (χ4v) is 4.95. The van der Waals surface area contributed by atoms with Crippen LogP contribution in [0, 0.1) is 0 Å². The van der Waals surface area contributed by atoms with Crippen molar-refractivity contribution >= 4 is 16.0 Å². The Balaban J connectivity index is 1.51. The van der Waals surface area contributed by atoms with Gasteiger partial charge in [-0.3, -0.25) is 9.67 Å². The van der Waals surface area contributed by atoms with E-state index in [1.54, 1.807) is 35.7 Å². The first-order chi connectivity index (χ1) is 14.1. The van der Waals surface area contributed by atoms with Gasteiger partial charge in [0.2, 0.25) is 10.0 Å². The molecule has 1 aromatic carbocycles. The lowest BCUT2D eigenvalue weighted by Gasteiger charge is -2.26. The largest absolute Gasteiger partial charge is 0.356 e. The number of hydrogen-bond acceptors (Lipinski definition) is 4. The summed E-state index contributed by atoms with van der Waals surface area (Å²) in [6, 6.07) is 9.06. The number of sulfonamides is 1. The van der Waals surface area contributed by atoms with E-state index >= 15 is 0 Å². The minimum Gasteiger partial charge on any atom is -0.356 e. The number of aromatic nitrogens is 2. The van der Waals surface area contributed by atoms with Crippen LogP contribution >= 0.6 is 0 Å². The average molecular weight is 419 g/mol. The Bertz CT molecular complexity index is 889. The maximum absolute atomic E-state index is 12.9. The first kappa shape index (κ1) is 21.3. The van der Waals surface area contributed by atoms with Gasteiger partial charge in [-0.25, -0.2) is 8.42 Å². The molecule has 2 heterocycles. The zero-order valence-corrected chi connectivity index (χ0v) is 17.7. The minimum absolute atomic E-state index is 0.362. The maximum Gasteiger partial charge on any atom is 0.243 e. The van der Waals surface area contributed by atoms with E-state index in [1.165, 1.54) is 0 Å². The van der Waals surface area contributed by atoms with Crippen molar-refractivity contribution in [1.29, 1.82) is 0 Å². The molecule has 1 aromatic heterocycles. The summed E-state index contributed by atoms with van der Waals surface area (Å²) in [4.78, 5) is 4.59. The van der Waals surface area contributed by atoms with Gasteiger partial charge in [0.1, 0.15) is 0 Å². The molecule has 3 rings (SSSR count). The molecule has 0 saturated carbocycles. The van der Waals surface area contributed by atoms with Gasteiger partial charge in [-0.2, -0.15) is 9.40 Å². The van der Waals surface area contributed by atoms with Crippen LogP contribution in [0.5, 0.6) is 0 Å². The van der Waals surface area contributed by atoms with Crippen LogP contribution in [0.15, 0.2) is 52.6 Å².